The number of unbranched alkanes of at least 4 members (excludes halogenated alkanes) is 2. The van der Waals surface area contributed by atoms with E-state index in [-0.39, 0.29) is 18.0 Å². The van der Waals surface area contributed by atoms with Gasteiger partial charge in [0.05, 0.1) is 0 Å². The molecule has 1 aromatic carbocycles. The van der Waals surface area contributed by atoms with Gasteiger partial charge >= 0.3 is 5.63 Å². The topological polar surface area (TPSA) is 91.7 Å². The fourth-order valence-electron chi connectivity index (χ4n) is 3.14. The summed E-state index contributed by atoms with van der Waals surface area (Å²) in [6.07, 6.45) is 3.45. The van der Waals surface area contributed by atoms with Crippen molar-refractivity contribution in [3.05, 3.63) is 40.2 Å². The number of nitrogens with zero attached hydrogens (tertiary/aromatic N) is 1. The fraction of sp³-hybridized carbons (Fsp3) is 0.500. The van der Waals surface area contributed by atoms with Crippen LogP contribution in [-0.2, 0) is 4.79 Å². The highest BCUT2D eigenvalue weighted by Gasteiger charge is 2.14. The van der Waals surface area contributed by atoms with E-state index in [9.17, 15) is 14.4 Å². The lowest BCUT2D eigenvalue weighted by atomic mass is 10.1. The molecule has 0 aliphatic heterocycles. The Morgan fingerprint density at radius 2 is 1.72 bits per heavy atom. The maximum atomic E-state index is 12.3. The van der Waals surface area contributed by atoms with Gasteiger partial charge in [-0.3, -0.25) is 9.59 Å². The number of nitrogens with one attached hydrogen (secondary N) is 2. The van der Waals surface area contributed by atoms with Crippen LogP contribution in [0.5, 0.6) is 0 Å². The Kier molecular flexibility index (Phi) is 8.70. The Labute approximate surface area is 171 Å². The molecule has 7 nitrogen and oxygen atoms in total. The van der Waals surface area contributed by atoms with Crippen LogP contribution in [0.15, 0.2) is 33.5 Å². The summed E-state index contributed by atoms with van der Waals surface area (Å²) in [6, 6.07) is 7.16. The summed E-state index contributed by atoms with van der Waals surface area (Å²) < 4.78 is 5.38. The number of benzene rings is 1. The molecule has 29 heavy (non-hydrogen) atoms. The minimum Gasteiger partial charge on any atom is -0.422 e. The Morgan fingerprint density at radius 1 is 1.00 bits per heavy atom. The summed E-state index contributed by atoms with van der Waals surface area (Å²) in [6.45, 7) is 8.47. The van der Waals surface area contributed by atoms with Crippen LogP contribution < -0.4 is 21.2 Å². The molecule has 2 amide bonds. The third-order valence-corrected chi connectivity index (χ3v) is 4.83. The Bertz CT molecular complexity index is 887. The molecular formula is C22H31N3O4. The molecule has 2 aromatic rings. The minimum absolute atomic E-state index is 0.0260. The van der Waals surface area contributed by atoms with Gasteiger partial charge in [0.1, 0.15) is 11.1 Å². The van der Waals surface area contributed by atoms with E-state index in [0.717, 1.165) is 38.0 Å². The number of fused-ring (bicyclic) bond motifs is 1. The third kappa shape index (κ3) is 6.34. The van der Waals surface area contributed by atoms with Crippen LogP contribution in [0.25, 0.3) is 11.0 Å². The molecule has 7 heteroatoms. The van der Waals surface area contributed by atoms with Crippen LogP contribution >= 0.6 is 0 Å². The lowest BCUT2D eigenvalue weighted by Gasteiger charge is -2.21. The number of rotatable bonds is 11. The number of carbonyl (C=O) groups excluding carboxylic acids is 2. The summed E-state index contributed by atoms with van der Waals surface area (Å²) >= 11 is 0. The van der Waals surface area contributed by atoms with Gasteiger partial charge in [-0.15, -0.1) is 0 Å². The van der Waals surface area contributed by atoms with Crippen molar-refractivity contribution in [2.24, 2.45) is 0 Å². The van der Waals surface area contributed by atoms with Crippen molar-refractivity contribution in [3.8, 4) is 0 Å². The van der Waals surface area contributed by atoms with Crippen LogP contribution in [0.2, 0.25) is 0 Å². The summed E-state index contributed by atoms with van der Waals surface area (Å²) in [5.41, 5.74) is 0.713. The normalized spacial score (nSPS) is 10.7. The molecule has 0 saturated carbocycles. The first-order chi connectivity index (χ1) is 14.0. The molecule has 2 rings (SSSR count). The average molecular weight is 402 g/mol. The Balaban J connectivity index is 1.97. The molecule has 1 heterocycles. The standard InChI is InChI=1S/C22H31N3O4/c1-4-7-8-9-20(26)23-12-13-24-21(27)18-14-16-10-11-17(25(5-2)6-3)15-19(16)29-22(18)28/h10-11,14-15H,4-9,12-13H2,1-3H3,(H,23,26)(H,24,27). The Hall–Kier alpha value is -2.83. The van der Waals surface area contributed by atoms with Gasteiger partial charge in [-0.1, -0.05) is 19.8 Å². The molecule has 1 aromatic heterocycles. The highest BCUT2D eigenvalue weighted by Crippen LogP contribution is 2.21. The zero-order valence-electron chi connectivity index (χ0n) is 17.5. The molecule has 0 radical (unpaired) electrons. The number of hydrogen-bond donors (Lipinski definition) is 2. The van der Waals surface area contributed by atoms with Gasteiger partial charge in [0.2, 0.25) is 5.91 Å². The van der Waals surface area contributed by atoms with Gasteiger partial charge in [0.25, 0.3) is 5.91 Å². The number of hydrogen-bond acceptors (Lipinski definition) is 5. The average Bonchev–Trinajstić information content (AvgIpc) is 2.71. The van der Waals surface area contributed by atoms with E-state index < -0.39 is 11.5 Å². The minimum atomic E-state index is -0.671. The molecule has 0 spiro atoms. The first-order valence-electron chi connectivity index (χ1n) is 10.4. The number of anilines is 1. The second-order valence-electron chi connectivity index (χ2n) is 6.90. The monoisotopic (exact) mass is 401 g/mol. The van der Waals surface area contributed by atoms with Gasteiger partial charge in [-0.25, -0.2) is 4.79 Å². The van der Waals surface area contributed by atoms with E-state index in [0.29, 0.717) is 23.9 Å². The molecule has 0 atom stereocenters. The first kappa shape index (κ1) is 22.5. The second kappa shape index (κ2) is 11.2. The zero-order chi connectivity index (χ0) is 21.2. The van der Waals surface area contributed by atoms with E-state index >= 15 is 0 Å². The first-order valence-corrected chi connectivity index (χ1v) is 10.4. The molecule has 0 bridgehead atoms. The van der Waals surface area contributed by atoms with Crippen molar-refractivity contribution in [1.29, 1.82) is 0 Å². The second-order valence-corrected chi connectivity index (χ2v) is 6.90. The van der Waals surface area contributed by atoms with Crippen LogP contribution in [0.4, 0.5) is 5.69 Å². The molecular weight excluding hydrogens is 370 g/mol. The lowest BCUT2D eigenvalue weighted by molar-refractivity contribution is -0.121. The summed E-state index contributed by atoms with van der Waals surface area (Å²) in [5.74, 6) is -0.532. The fourth-order valence-corrected chi connectivity index (χ4v) is 3.14. The van der Waals surface area contributed by atoms with E-state index in [1.807, 2.05) is 18.2 Å². The maximum absolute atomic E-state index is 12.3. The molecule has 2 N–H and O–H groups in total. The summed E-state index contributed by atoms with van der Waals surface area (Å²) in [4.78, 5) is 38.4. The van der Waals surface area contributed by atoms with Crippen molar-refractivity contribution in [2.75, 3.05) is 31.1 Å². The van der Waals surface area contributed by atoms with Crippen LogP contribution in [0.1, 0.15) is 56.8 Å². The smallest absolute Gasteiger partial charge is 0.349 e. The molecule has 158 valence electrons. The van der Waals surface area contributed by atoms with Gasteiger partial charge in [0, 0.05) is 49.7 Å². The van der Waals surface area contributed by atoms with Crippen molar-refractivity contribution in [1.82, 2.24) is 10.6 Å². The number of carbonyl (C=O) groups is 2. The predicted octanol–water partition coefficient (Wildman–Crippen LogP) is 3.07. The lowest BCUT2D eigenvalue weighted by Crippen LogP contribution is -2.36. The third-order valence-electron chi connectivity index (χ3n) is 4.83. The zero-order valence-corrected chi connectivity index (χ0v) is 17.5. The van der Waals surface area contributed by atoms with Gasteiger partial charge in [0.15, 0.2) is 0 Å². The highest BCUT2D eigenvalue weighted by molar-refractivity contribution is 5.97. The maximum Gasteiger partial charge on any atom is 0.349 e. The van der Waals surface area contributed by atoms with Crippen LogP contribution in [0, 0.1) is 0 Å². The largest absolute Gasteiger partial charge is 0.422 e. The predicted molar refractivity (Wildman–Crippen MR) is 116 cm³/mol. The SMILES string of the molecule is CCCCCC(=O)NCCNC(=O)c1cc2ccc(N(CC)CC)cc2oc1=O. The van der Waals surface area contributed by atoms with Crippen molar-refractivity contribution in [3.63, 3.8) is 0 Å². The van der Waals surface area contributed by atoms with Crippen LogP contribution in [0.3, 0.4) is 0 Å². The molecule has 0 fully saturated rings. The molecule has 0 aliphatic rings. The van der Waals surface area contributed by atoms with Crippen LogP contribution in [-0.4, -0.2) is 38.0 Å². The van der Waals surface area contributed by atoms with Gasteiger partial charge in [-0.2, -0.15) is 0 Å². The van der Waals surface area contributed by atoms with E-state index in [1.54, 1.807) is 6.07 Å². The quantitative estimate of drug-likeness (QED) is 0.446. The van der Waals surface area contributed by atoms with Gasteiger partial charge in [-0.05, 0) is 38.5 Å². The van der Waals surface area contributed by atoms with Crippen molar-refractivity contribution < 1.29 is 14.0 Å². The summed E-state index contributed by atoms with van der Waals surface area (Å²) in [5, 5.41) is 6.10. The Morgan fingerprint density at radius 3 is 2.41 bits per heavy atom. The van der Waals surface area contributed by atoms with Crippen molar-refractivity contribution >= 4 is 28.5 Å². The van der Waals surface area contributed by atoms with Gasteiger partial charge < -0.3 is 20.0 Å². The van der Waals surface area contributed by atoms with E-state index in [2.05, 4.69) is 36.3 Å². The van der Waals surface area contributed by atoms with Crippen molar-refractivity contribution in [2.45, 2.75) is 46.5 Å². The number of amides is 2. The molecule has 0 aliphatic carbocycles. The van der Waals surface area contributed by atoms with E-state index in [4.69, 9.17) is 4.42 Å². The van der Waals surface area contributed by atoms with E-state index in [1.165, 1.54) is 0 Å². The highest BCUT2D eigenvalue weighted by atomic mass is 16.4. The molecule has 0 saturated heterocycles. The summed E-state index contributed by atoms with van der Waals surface area (Å²) in [7, 11) is 0. The molecule has 0 unspecified atom stereocenters.